The van der Waals surface area contributed by atoms with Gasteiger partial charge in [-0.15, -0.1) is 0 Å². The van der Waals surface area contributed by atoms with Crippen LogP contribution in [-0.4, -0.2) is 19.4 Å². The van der Waals surface area contributed by atoms with Crippen molar-refractivity contribution in [3.63, 3.8) is 0 Å². The number of hydrogen-bond acceptors (Lipinski definition) is 1. The van der Waals surface area contributed by atoms with Gasteiger partial charge < -0.3 is 4.74 Å². The monoisotopic (exact) mass is 131 g/mol. The lowest BCUT2D eigenvalue weighted by atomic mass is 9.96. The third-order valence-corrected chi connectivity index (χ3v) is 1.78. The zero-order valence-electron chi connectivity index (χ0n) is 5.48. The highest BCUT2D eigenvalue weighted by Crippen LogP contribution is 2.19. The molecule has 1 fully saturated rings. The molecule has 1 atom stereocenters. The van der Waals surface area contributed by atoms with E-state index in [4.69, 9.17) is 4.74 Å². The predicted molar refractivity (Wildman–Crippen MR) is 33.8 cm³/mol. The van der Waals surface area contributed by atoms with Gasteiger partial charge in [-0.2, -0.15) is 0 Å². The first-order chi connectivity index (χ1) is 4.30. The number of rotatable bonds is 1. The molecule has 0 N–H and O–H groups in total. The van der Waals surface area contributed by atoms with Crippen LogP contribution in [-0.2, 0) is 4.74 Å². The van der Waals surface area contributed by atoms with Crippen molar-refractivity contribution < 1.29 is 9.13 Å². The van der Waals surface area contributed by atoms with Gasteiger partial charge in [0.15, 0.2) is 0 Å². The quantitative estimate of drug-likeness (QED) is 0.525. The molecular weight excluding hydrogens is 119 g/mol. The summed E-state index contributed by atoms with van der Waals surface area (Å²) in [6.45, 7) is 4.76. The minimum atomic E-state index is -0.895. The van der Waals surface area contributed by atoms with Gasteiger partial charge in [0.05, 0.1) is 0 Å². The molecule has 0 aromatic carbocycles. The zero-order chi connectivity index (χ0) is 6.69. The second kappa shape index (κ2) is 3.16. The van der Waals surface area contributed by atoms with Crippen molar-refractivity contribution in [2.45, 2.75) is 19.0 Å². The maximum Gasteiger partial charge on any atom is 0.103 e. The summed E-state index contributed by atoms with van der Waals surface area (Å²) in [5, 5.41) is 0. The average molecular weight is 131 g/mol. The summed E-state index contributed by atoms with van der Waals surface area (Å²) in [4.78, 5) is 0. The molecule has 0 aliphatic carbocycles. The van der Waals surface area contributed by atoms with E-state index >= 15 is 0 Å². The highest BCUT2D eigenvalue weighted by Gasteiger charge is 2.19. The van der Waals surface area contributed by atoms with Gasteiger partial charge >= 0.3 is 0 Å². The molecular formula is C7H12FO. The Bertz CT molecular complexity index is 77.0. The molecule has 1 nitrogen and oxygen atoms in total. The Labute approximate surface area is 55.2 Å². The Hall–Kier alpha value is -0.110. The van der Waals surface area contributed by atoms with Gasteiger partial charge in [-0.05, 0) is 25.7 Å². The number of alkyl halides is 1. The van der Waals surface area contributed by atoms with Crippen LogP contribution in [0.5, 0.6) is 0 Å². The van der Waals surface area contributed by atoms with E-state index in [1.165, 1.54) is 0 Å². The van der Waals surface area contributed by atoms with Crippen LogP contribution in [0.4, 0.5) is 4.39 Å². The molecule has 2 heteroatoms. The summed E-state index contributed by atoms with van der Waals surface area (Å²) in [7, 11) is 0. The van der Waals surface area contributed by atoms with Crippen LogP contribution in [0, 0.1) is 12.8 Å². The molecule has 1 unspecified atom stereocenters. The van der Waals surface area contributed by atoms with E-state index in [-0.39, 0.29) is 5.92 Å². The molecule has 0 bridgehead atoms. The van der Waals surface area contributed by atoms with Crippen molar-refractivity contribution in [3.05, 3.63) is 6.92 Å². The zero-order valence-corrected chi connectivity index (χ0v) is 5.48. The molecule has 0 amide bonds. The average Bonchev–Trinajstić information content (AvgIpc) is 1.90. The highest BCUT2D eigenvalue weighted by molar-refractivity contribution is 4.73. The highest BCUT2D eigenvalue weighted by atomic mass is 19.1. The van der Waals surface area contributed by atoms with Crippen LogP contribution in [0.3, 0.4) is 0 Å². The van der Waals surface area contributed by atoms with E-state index in [1.807, 2.05) is 0 Å². The number of ether oxygens (including phenoxy) is 1. The van der Waals surface area contributed by atoms with Gasteiger partial charge in [-0.25, -0.2) is 4.39 Å². The summed E-state index contributed by atoms with van der Waals surface area (Å²) in [6, 6.07) is 0. The summed E-state index contributed by atoms with van der Waals surface area (Å²) >= 11 is 0. The molecule has 0 aromatic rings. The maximum atomic E-state index is 12.4. The molecule has 9 heavy (non-hydrogen) atoms. The molecule has 1 heterocycles. The second-order valence-corrected chi connectivity index (χ2v) is 2.47. The third kappa shape index (κ3) is 1.94. The van der Waals surface area contributed by atoms with Gasteiger partial charge in [0.1, 0.15) is 6.17 Å². The molecule has 1 aliphatic rings. The van der Waals surface area contributed by atoms with Crippen molar-refractivity contribution in [1.82, 2.24) is 0 Å². The van der Waals surface area contributed by atoms with Crippen LogP contribution >= 0.6 is 0 Å². The molecule has 53 valence electrons. The van der Waals surface area contributed by atoms with E-state index in [0.717, 1.165) is 12.8 Å². The predicted octanol–water partition coefficient (Wildman–Crippen LogP) is 1.59. The van der Waals surface area contributed by atoms with Crippen LogP contribution in [0.15, 0.2) is 0 Å². The van der Waals surface area contributed by atoms with E-state index in [9.17, 15) is 4.39 Å². The van der Waals surface area contributed by atoms with E-state index < -0.39 is 6.17 Å². The standard InChI is InChI=1S/C7H12FO/c1-6(8)7-2-4-9-5-3-7/h6-7H,1-5H2. The van der Waals surface area contributed by atoms with E-state index in [2.05, 4.69) is 6.92 Å². The van der Waals surface area contributed by atoms with Crippen LogP contribution < -0.4 is 0 Å². The van der Waals surface area contributed by atoms with Crippen molar-refractivity contribution in [1.29, 1.82) is 0 Å². The summed E-state index contributed by atoms with van der Waals surface area (Å²) in [5.41, 5.74) is 0. The minimum Gasteiger partial charge on any atom is -0.381 e. The lowest BCUT2D eigenvalue weighted by molar-refractivity contribution is 0.0459. The fourth-order valence-corrected chi connectivity index (χ4v) is 1.08. The molecule has 0 saturated carbocycles. The maximum absolute atomic E-state index is 12.4. The first-order valence-electron chi connectivity index (χ1n) is 3.35. The minimum absolute atomic E-state index is 0.152. The van der Waals surface area contributed by atoms with E-state index in [0.29, 0.717) is 13.2 Å². The molecule has 1 saturated heterocycles. The van der Waals surface area contributed by atoms with Crippen LogP contribution in [0.25, 0.3) is 0 Å². The topological polar surface area (TPSA) is 9.23 Å². The Morgan fingerprint density at radius 1 is 1.44 bits per heavy atom. The van der Waals surface area contributed by atoms with Gasteiger partial charge in [0, 0.05) is 13.2 Å². The molecule has 1 radical (unpaired) electrons. The summed E-state index contributed by atoms with van der Waals surface area (Å²) in [6.07, 6.45) is 0.781. The number of halogens is 1. The van der Waals surface area contributed by atoms with Crippen LogP contribution in [0.2, 0.25) is 0 Å². The van der Waals surface area contributed by atoms with Crippen molar-refractivity contribution >= 4 is 0 Å². The summed E-state index contributed by atoms with van der Waals surface area (Å²) < 4.78 is 17.5. The fraction of sp³-hybridized carbons (Fsp3) is 0.857. The first kappa shape index (κ1) is 7.00. The van der Waals surface area contributed by atoms with Crippen molar-refractivity contribution in [3.8, 4) is 0 Å². The molecule has 1 aliphatic heterocycles. The molecule has 1 rings (SSSR count). The SMILES string of the molecule is [CH2]C(F)C1CCOCC1. The Morgan fingerprint density at radius 2 is 2.00 bits per heavy atom. The Balaban J connectivity index is 2.23. The van der Waals surface area contributed by atoms with Gasteiger partial charge in [-0.1, -0.05) is 0 Å². The molecule has 0 aromatic heterocycles. The fourth-order valence-electron chi connectivity index (χ4n) is 1.08. The first-order valence-corrected chi connectivity index (χ1v) is 3.35. The lowest BCUT2D eigenvalue weighted by Gasteiger charge is -2.22. The van der Waals surface area contributed by atoms with E-state index in [1.54, 1.807) is 0 Å². The normalized spacial score (nSPS) is 26.0. The Morgan fingerprint density at radius 3 is 2.33 bits per heavy atom. The largest absolute Gasteiger partial charge is 0.381 e. The Kier molecular flexibility index (Phi) is 2.46. The number of hydrogen-bond donors (Lipinski definition) is 0. The third-order valence-electron chi connectivity index (χ3n) is 1.78. The smallest absolute Gasteiger partial charge is 0.103 e. The molecule has 0 spiro atoms. The van der Waals surface area contributed by atoms with Crippen molar-refractivity contribution in [2.24, 2.45) is 5.92 Å². The second-order valence-electron chi connectivity index (χ2n) is 2.47. The van der Waals surface area contributed by atoms with Gasteiger partial charge in [-0.3, -0.25) is 0 Å². The van der Waals surface area contributed by atoms with Crippen molar-refractivity contribution in [2.75, 3.05) is 13.2 Å². The van der Waals surface area contributed by atoms with Gasteiger partial charge in [0.2, 0.25) is 0 Å². The van der Waals surface area contributed by atoms with Crippen LogP contribution in [0.1, 0.15) is 12.8 Å². The lowest BCUT2D eigenvalue weighted by Crippen LogP contribution is -2.22. The summed E-state index contributed by atoms with van der Waals surface area (Å²) in [5.74, 6) is 0.152. The van der Waals surface area contributed by atoms with Gasteiger partial charge in [0.25, 0.3) is 0 Å².